The molecule has 0 radical (unpaired) electrons. The van der Waals surface area contributed by atoms with Crippen LogP contribution in [0.3, 0.4) is 0 Å². The standard InChI is InChI=1S/C34H36F5N5O8S/c1-4-51-31-21(6-5-11-40-31)29-30(43(33(46)47)15-14-42(29)19-9-12-41(2)13-10-19)28-22-17-23(35)24(36)18-25(22)44(32(28)45)53(48,49)27-8-7-20(50-3)16-26(27)52-34(37,38)39/h5-8,11,16-19,29-30,45H,4,9-10,12-15H2,1-3H3,(H,46,47). The zero-order chi connectivity index (χ0) is 38.4. The molecular formula is C34H36F5N5O8S. The number of hydrogen-bond acceptors (Lipinski definition) is 10. The summed E-state index contributed by atoms with van der Waals surface area (Å²) in [7, 11) is -2.29. The Morgan fingerprint density at radius 3 is 2.36 bits per heavy atom. The summed E-state index contributed by atoms with van der Waals surface area (Å²) < 4.78 is 115. The number of aromatic hydroxyl groups is 1. The van der Waals surface area contributed by atoms with Crippen LogP contribution in [0.4, 0.5) is 26.7 Å². The van der Waals surface area contributed by atoms with Crippen molar-refractivity contribution in [1.29, 1.82) is 0 Å². The van der Waals surface area contributed by atoms with Crippen LogP contribution in [0.5, 0.6) is 23.3 Å². The number of aromatic nitrogens is 2. The topological polar surface area (TPSA) is 147 Å². The Hall–Kier alpha value is -4.88. The number of carboxylic acid groups (broad SMARTS) is 1. The average Bonchev–Trinajstić information content (AvgIpc) is 3.38. The second-order valence-corrected chi connectivity index (χ2v) is 14.4. The molecule has 4 heterocycles. The number of hydrogen-bond donors (Lipinski definition) is 2. The average molecular weight is 770 g/mol. The number of pyridine rings is 1. The maximum atomic E-state index is 15.2. The van der Waals surface area contributed by atoms with Crippen molar-refractivity contribution < 1.29 is 59.6 Å². The van der Waals surface area contributed by atoms with Crippen LogP contribution in [0.15, 0.2) is 53.6 Å². The first kappa shape index (κ1) is 37.9. The highest BCUT2D eigenvalue weighted by Gasteiger charge is 2.48. The van der Waals surface area contributed by atoms with Crippen molar-refractivity contribution >= 4 is 27.0 Å². The summed E-state index contributed by atoms with van der Waals surface area (Å²) in [6.45, 7) is 3.31. The molecule has 2 aliphatic rings. The Morgan fingerprint density at radius 2 is 1.72 bits per heavy atom. The molecule has 1 amide bonds. The fourth-order valence-electron chi connectivity index (χ4n) is 7.28. The second kappa shape index (κ2) is 14.5. The molecule has 2 aromatic carbocycles. The quantitative estimate of drug-likeness (QED) is 0.201. The Morgan fingerprint density at radius 1 is 1.02 bits per heavy atom. The largest absolute Gasteiger partial charge is 0.573 e. The summed E-state index contributed by atoms with van der Waals surface area (Å²) in [4.78, 5) is 21.4. The molecule has 2 fully saturated rings. The van der Waals surface area contributed by atoms with Crippen molar-refractivity contribution in [2.24, 2.45) is 0 Å². The lowest BCUT2D eigenvalue weighted by Crippen LogP contribution is -2.56. The summed E-state index contributed by atoms with van der Waals surface area (Å²) in [5.41, 5.74) is -0.751. The molecule has 2 N–H and O–H groups in total. The highest BCUT2D eigenvalue weighted by molar-refractivity contribution is 7.90. The first-order chi connectivity index (χ1) is 25.1. The van der Waals surface area contributed by atoms with Crippen molar-refractivity contribution in [3.05, 3.63) is 71.4 Å². The van der Waals surface area contributed by atoms with Crippen molar-refractivity contribution in [3.63, 3.8) is 0 Å². The highest BCUT2D eigenvalue weighted by Crippen LogP contribution is 2.52. The number of nitrogens with zero attached hydrogens (tertiary/aromatic N) is 5. The van der Waals surface area contributed by atoms with Crippen LogP contribution in [-0.2, 0) is 10.0 Å². The van der Waals surface area contributed by atoms with Crippen molar-refractivity contribution in [1.82, 2.24) is 23.7 Å². The fraction of sp³-hybridized carbons (Fsp3) is 0.412. The Balaban J connectivity index is 1.67. The van der Waals surface area contributed by atoms with Crippen LogP contribution in [0, 0.1) is 11.6 Å². The first-order valence-corrected chi connectivity index (χ1v) is 17.9. The number of piperazine rings is 1. The van der Waals surface area contributed by atoms with Gasteiger partial charge in [-0.2, -0.15) is 0 Å². The van der Waals surface area contributed by atoms with Gasteiger partial charge in [-0.15, -0.1) is 13.2 Å². The summed E-state index contributed by atoms with van der Waals surface area (Å²) in [6.07, 6.45) is -4.09. The lowest BCUT2D eigenvalue weighted by Gasteiger charge is -2.51. The number of alkyl halides is 3. The first-order valence-electron chi connectivity index (χ1n) is 16.5. The van der Waals surface area contributed by atoms with Crippen LogP contribution in [0.1, 0.15) is 43.0 Å². The molecule has 6 rings (SSSR count). The SMILES string of the molecule is CCOc1ncccc1C1C(c2c(O)n(S(=O)(=O)c3ccc(OC)cc3OC(F)(F)F)c3cc(F)c(F)cc23)N(C(=O)O)CCN1C1CCN(C)CC1. The minimum atomic E-state index is -5.38. The maximum Gasteiger partial charge on any atom is 0.573 e. The van der Waals surface area contributed by atoms with Gasteiger partial charge in [0.25, 0.3) is 10.0 Å². The monoisotopic (exact) mass is 769 g/mol. The van der Waals surface area contributed by atoms with E-state index in [1.165, 1.54) is 6.20 Å². The van der Waals surface area contributed by atoms with E-state index in [1.807, 2.05) is 11.9 Å². The lowest BCUT2D eigenvalue weighted by atomic mass is 9.86. The molecule has 13 nitrogen and oxygen atoms in total. The molecule has 2 unspecified atom stereocenters. The second-order valence-electron chi connectivity index (χ2n) is 12.6. The summed E-state index contributed by atoms with van der Waals surface area (Å²) in [5, 5.41) is 22.3. The Bertz CT molecular complexity index is 2120. The summed E-state index contributed by atoms with van der Waals surface area (Å²) in [6, 6.07) is 4.02. The van der Waals surface area contributed by atoms with E-state index in [2.05, 4.69) is 14.6 Å². The predicted octanol–water partition coefficient (Wildman–Crippen LogP) is 5.74. The molecular weight excluding hydrogens is 733 g/mol. The molecule has 0 saturated carbocycles. The minimum absolute atomic E-state index is 0.121. The van der Waals surface area contributed by atoms with Gasteiger partial charge in [-0.1, -0.05) is 6.07 Å². The van der Waals surface area contributed by atoms with E-state index in [0.717, 1.165) is 24.1 Å². The van der Waals surface area contributed by atoms with Gasteiger partial charge in [0.1, 0.15) is 10.6 Å². The van der Waals surface area contributed by atoms with Gasteiger partial charge in [-0.25, -0.2) is 30.9 Å². The van der Waals surface area contributed by atoms with E-state index in [4.69, 9.17) is 9.47 Å². The number of likely N-dealkylation sites (tertiary alicyclic amines) is 1. The van der Waals surface area contributed by atoms with Crippen molar-refractivity contribution in [2.75, 3.05) is 46.9 Å². The molecule has 2 aromatic heterocycles. The Kier molecular flexibility index (Phi) is 10.4. The predicted molar refractivity (Wildman–Crippen MR) is 179 cm³/mol. The summed E-state index contributed by atoms with van der Waals surface area (Å²) in [5.74, 6) is -5.53. The maximum absolute atomic E-state index is 15.2. The van der Waals surface area contributed by atoms with Gasteiger partial charge < -0.3 is 29.3 Å². The lowest BCUT2D eigenvalue weighted by molar-refractivity contribution is -0.275. The number of halogens is 5. The van der Waals surface area contributed by atoms with E-state index in [1.54, 1.807) is 19.1 Å². The van der Waals surface area contributed by atoms with Gasteiger partial charge in [0.2, 0.25) is 11.8 Å². The minimum Gasteiger partial charge on any atom is -0.497 e. The molecule has 2 aliphatic heterocycles. The van der Waals surface area contributed by atoms with Crippen LogP contribution in [0.2, 0.25) is 0 Å². The molecule has 0 bridgehead atoms. The van der Waals surface area contributed by atoms with Gasteiger partial charge in [0.15, 0.2) is 17.4 Å². The number of rotatable bonds is 9. The molecule has 53 heavy (non-hydrogen) atoms. The van der Waals surface area contributed by atoms with Gasteiger partial charge in [-0.3, -0.25) is 9.80 Å². The third kappa shape index (κ3) is 7.11. The van der Waals surface area contributed by atoms with E-state index < -0.39 is 79.2 Å². The van der Waals surface area contributed by atoms with Crippen LogP contribution < -0.4 is 14.2 Å². The molecule has 0 spiro atoms. The highest BCUT2D eigenvalue weighted by atomic mass is 32.2. The molecule has 286 valence electrons. The van der Waals surface area contributed by atoms with E-state index in [-0.39, 0.29) is 41.3 Å². The van der Waals surface area contributed by atoms with Crippen molar-refractivity contribution in [2.45, 2.75) is 49.1 Å². The zero-order valence-corrected chi connectivity index (χ0v) is 29.5. The van der Waals surface area contributed by atoms with E-state index in [9.17, 15) is 36.6 Å². The number of methoxy groups -OCH3 is 1. The Labute approximate surface area is 300 Å². The molecule has 2 saturated heterocycles. The number of ether oxygens (including phenoxy) is 3. The number of piperidine rings is 1. The van der Waals surface area contributed by atoms with Gasteiger partial charge in [0.05, 0.1) is 31.3 Å². The third-order valence-electron chi connectivity index (χ3n) is 9.57. The zero-order valence-electron chi connectivity index (χ0n) is 28.7. The van der Waals surface area contributed by atoms with E-state index in [0.29, 0.717) is 49.7 Å². The molecule has 4 aromatic rings. The number of benzene rings is 2. The molecule has 2 atom stereocenters. The number of amides is 1. The molecule has 19 heteroatoms. The van der Waals surface area contributed by atoms with Gasteiger partial charge in [0, 0.05) is 54.0 Å². The van der Waals surface area contributed by atoms with Crippen LogP contribution >= 0.6 is 0 Å². The smallest absolute Gasteiger partial charge is 0.497 e. The van der Waals surface area contributed by atoms with E-state index >= 15 is 8.78 Å². The molecule has 0 aliphatic carbocycles. The van der Waals surface area contributed by atoms with Gasteiger partial charge >= 0.3 is 12.5 Å². The van der Waals surface area contributed by atoms with Crippen molar-refractivity contribution in [3.8, 4) is 23.3 Å². The summed E-state index contributed by atoms with van der Waals surface area (Å²) >= 11 is 0. The van der Waals surface area contributed by atoms with Crippen LogP contribution in [0.25, 0.3) is 10.9 Å². The third-order valence-corrected chi connectivity index (χ3v) is 11.3. The van der Waals surface area contributed by atoms with Gasteiger partial charge in [-0.05, 0) is 64.2 Å². The fourth-order valence-corrected chi connectivity index (χ4v) is 8.81. The normalized spacial score (nSPS) is 19.4. The number of carbonyl (C=O) groups is 1. The number of fused-ring (bicyclic) bond motifs is 1. The van der Waals surface area contributed by atoms with Crippen LogP contribution in [-0.4, -0.2) is 108 Å².